The maximum Gasteiger partial charge on any atom is 0.415 e. The first-order valence-corrected chi connectivity index (χ1v) is 9.60. The molecular formula is C21H25NO3S. The minimum absolute atomic E-state index is 0.0333. The highest BCUT2D eigenvalue weighted by Gasteiger charge is 2.24. The first kappa shape index (κ1) is 20.0. The summed E-state index contributed by atoms with van der Waals surface area (Å²) in [7, 11) is 0. The Kier molecular flexibility index (Phi) is 6.86. The van der Waals surface area contributed by atoms with Crippen LogP contribution in [0.4, 0.5) is 10.5 Å². The Balaban J connectivity index is 2.27. The first-order chi connectivity index (χ1) is 12.3. The zero-order chi connectivity index (χ0) is 19.2. The predicted octanol–water partition coefficient (Wildman–Crippen LogP) is 5.52. The second kappa shape index (κ2) is 8.90. The lowest BCUT2D eigenvalue weighted by molar-refractivity contribution is 0.0577. The van der Waals surface area contributed by atoms with E-state index >= 15 is 0 Å². The highest BCUT2D eigenvalue weighted by Crippen LogP contribution is 2.23. The Morgan fingerprint density at radius 2 is 1.62 bits per heavy atom. The standard InChI is InChI=1S/C21H25NO3S/c1-5-26-19(23)17-11-13-18(14-12-17)22(20(24)25-21(2,3)4)15-16-9-7-6-8-10-16/h6-14H,5,15H2,1-4H3. The van der Waals surface area contributed by atoms with Crippen LogP contribution < -0.4 is 4.90 Å². The van der Waals surface area contributed by atoms with Gasteiger partial charge in [0.15, 0.2) is 0 Å². The van der Waals surface area contributed by atoms with Crippen molar-refractivity contribution in [2.75, 3.05) is 10.7 Å². The number of carbonyl (C=O) groups is 2. The van der Waals surface area contributed by atoms with Gasteiger partial charge in [0, 0.05) is 11.3 Å². The third kappa shape index (κ3) is 5.92. The van der Waals surface area contributed by atoms with Crippen LogP contribution in [0.25, 0.3) is 0 Å². The van der Waals surface area contributed by atoms with Crippen LogP contribution in [0.1, 0.15) is 43.6 Å². The molecule has 2 aromatic carbocycles. The van der Waals surface area contributed by atoms with Crippen LogP contribution in [0, 0.1) is 0 Å². The summed E-state index contributed by atoms with van der Waals surface area (Å²) < 4.78 is 5.56. The number of ether oxygens (including phenoxy) is 1. The van der Waals surface area contributed by atoms with Crippen LogP contribution in [0.3, 0.4) is 0 Å². The molecule has 0 aliphatic carbocycles. The largest absolute Gasteiger partial charge is 0.443 e. The van der Waals surface area contributed by atoms with Crippen molar-refractivity contribution in [1.82, 2.24) is 0 Å². The third-order valence-corrected chi connectivity index (χ3v) is 4.27. The SMILES string of the molecule is CCSC(=O)c1ccc(N(Cc2ccccc2)C(=O)OC(C)(C)C)cc1. The zero-order valence-corrected chi connectivity index (χ0v) is 16.5. The van der Waals surface area contributed by atoms with E-state index in [4.69, 9.17) is 4.74 Å². The molecule has 2 rings (SSSR count). The second-order valence-corrected chi connectivity index (χ2v) is 8.06. The molecule has 0 bridgehead atoms. The summed E-state index contributed by atoms with van der Waals surface area (Å²) in [6.45, 7) is 7.87. The minimum Gasteiger partial charge on any atom is -0.443 e. The molecule has 0 aliphatic heterocycles. The summed E-state index contributed by atoms with van der Waals surface area (Å²) >= 11 is 1.27. The van der Waals surface area contributed by atoms with Crippen molar-refractivity contribution in [2.24, 2.45) is 0 Å². The van der Waals surface area contributed by atoms with Gasteiger partial charge in [0.05, 0.1) is 6.54 Å². The lowest BCUT2D eigenvalue weighted by atomic mass is 10.1. The second-order valence-electron chi connectivity index (χ2n) is 6.82. The number of carbonyl (C=O) groups excluding carboxylic acids is 2. The summed E-state index contributed by atoms with van der Waals surface area (Å²) in [5.74, 6) is 0.735. The number of hydrogen-bond acceptors (Lipinski definition) is 4. The van der Waals surface area contributed by atoms with Crippen LogP contribution in [0.15, 0.2) is 54.6 Å². The van der Waals surface area contributed by atoms with E-state index in [0.717, 1.165) is 11.3 Å². The Morgan fingerprint density at radius 3 is 2.15 bits per heavy atom. The van der Waals surface area contributed by atoms with E-state index in [-0.39, 0.29) is 5.12 Å². The first-order valence-electron chi connectivity index (χ1n) is 8.62. The van der Waals surface area contributed by atoms with Gasteiger partial charge in [-0.2, -0.15) is 0 Å². The minimum atomic E-state index is -0.584. The smallest absolute Gasteiger partial charge is 0.415 e. The molecule has 0 unspecified atom stereocenters. The van der Waals surface area contributed by atoms with Crippen molar-refractivity contribution in [1.29, 1.82) is 0 Å². The summed E-state index contributed by atoms with van der Waals surface area (Å²) in [6, 6.07) is 16.8. The van der Waals surface area contributed by atoms with E-state index < -0.39 is 11.7 Å². The fourth-order valence-electron chi connectivity index (χ4n) is 2.34. The van der Waals surface area contributed by atoms with E-state index in [0.29, 0.717) is 17.8 Å². The van der Waals surface area contributed by atoms with E-state index in [2.05, 4.69) is 0 Å². The van der Waals surface area contributed by atoms with Crippen LogP contribution >= 0.6 is 11.8 Å². The Hall–Kier alpha value is -2.27. The van der Waals surface area contributed by atoms with Gasteiger partial charge in [-0.3, -0.25) is 9.69 Å². The Bertz CT molecular complexity index is 736. The molecule has 0 N–H and O–H groups in total. The summed E-state index contributed by atoms with van der Waals surface area (Å²) in [5, 5.41) is 0.0333. The summed E-state index contributed by atoms with van der Waals surface area (Å²) in [5.41, 5.74) is 1.74. The lowest BCUT2D eigenvalue weighted by Crippen LogP contribution is -2.36. The maximum absolute atomic E-state index is 12.7. The number of rotatable bonds is 5. The van der Waals surface area contributed by atoms with Crippen LogP contribution in [-0.2, 0) is 11.3 Å². The number of thioether (sulfide) groups is 1. The van der Waals surface area contributed by atoms with Crippen molar-refractivity contribution < 1.29 is 14.3 Å². The van der Waals surface area contributed by atoms with Crippen molar-refractivity contribution in [3.8, 4) is 0 Å². The molecule has 0 radical (unpaired) electrons. The van der Waals surface area contributed by atoms with E-state index in [1.807, 2.05) is 58.0 Å². The average molecular weight is 372 g/mol. The number of amides is 1. The summed E-state index contributed by atoms with van der Waals surface area (Å²) in [4.78, 5) is 26.3. The van der Waals surface area contributed by atoms with E-state index in [1.165, 1.54) is 11.8 Å². The number of hydrogen-bond donors (Lipinski definition) is 0. The van der Waals surface area contributed by atoms with Crippen LogP contribution in [0.2, 0.25) is 0 Å². The number of nitrogens with zero attached hydrogens (tertiary/aromatic N) is 1. The molecule has 1 amide bonds. The Labute approximate surface area is 159 Å². The highest BCUT2D eigenvalue weighted by molar-refractivity contribution is 8.14. The van der Waals surface area contributed by atoms with Crippen LogP contribution in [-0.4, -0.2) is 22.6 Å². The van der Waals surface area contributed by atoms with Crippen LogP contribution in [0.5, 0.6) is 0 Å². The molecule has 0 spiro atoms. The third-order valence-electron chi connectivity index (χ3n) is 3.49. The fourth-order valence-corrected chi connectivity index (χ4v) is 2.90. The molecule has 0 aromatic heterocycles. The number of benzene rings is 2. The molecule has 2 aromatic rings. The average Bonchev–Trinajstić information content (AvgIpc) is 2.59. The van der Waals surface area contributed by atoms with Gasteiger partial charge in [-0.15, -0.1) is 0 Å². The molecule has 0 aliphatic rings. The molecule has 26 heavy (non-hydrogen) atoms. The van der Waals surface area contributed by atoms with Crippen molar-refractivity contribution in [2.45, 2.75) is 39.8 Å². The fraction of sp³-hybridized carbons (Fsp3) is 0.333. The van der Waals surface area contributed by atoms with Gasteiger partial charge >= 0.3 is 6.09 Å². The molecular weight excluding hydrogens is 346 g/mol. The van der Waals surface area contributed by atoms with Gasteiger partial charge in [0.25, 0.3) is 0 Å². The molecule has 5 heteroatoms. The molecule has 0 saturated carbocycles. The van der Waals surface area contributed by atoms with Crippen molar-refractivity contribution >= 4 is 28.7 Å². The Morgan fingerprint density at radius 1 is 1.00 bits per heavy atom. The van der Waals surface area contributed by atoms with Gasteiger partial charge in [0.1, 0.15) is 5.60 Å². The van der Waals surface area contributed by atoms with Gasteiger partial charge < -0.3 is 4.74 Å². The van der Waals surface area contributed by atoms with E-state index in [1.54, 1.807) is 29.2 Å². The van der Waals surface area contributed by atoms with Gasteiger partial charge in [-0.1, -0.05) is 49.0 Å². The lowest BCUT2D eigenvalue weighted by Gasteiger charge is -2.27. The predicted molar refractivity (Wildman–Crippen MR) is 108 cm³/mol. The monoisotopic (exact) mass is 371 g/mol. The molecule has 0 fully saturated rings. The van der Waals surface area contributed by atoms with Crippen molar-refractivity contribution in [3.05, 3.63) is 65.7 Å². The van der Waals surface area contributed by atoms with Gasteiger partial charge in [-0.05, 0) is 56.4 Å². The van der Waals surface area contributed by atoms with E-state index in [9.17, 15) is 9.59 Å². The maximum atomic E-state index is 12.7. The summed E-state index contributed by atoms with van der Waals surface area (Å²) in [6.07, 6.45) is -0.414. The quantitative estimate of drug-likeness (QED) is 0.694. The highest BCUT2D eigenvalue weighted by atomic mass is 32.2. The molecule has 4 nitrogen and oxygen atoms in total. The topological polar surface area (TPSA) is 46.6 Å². The molecule has 138 valence electrons. The molecule has 0 atom stereocenters. The molecule has 0 heterocycles. The number of anilines is 1. The zero-order valence-electron chi connectivity index (χ0n) is 15.7. The van der Waals surface area contributed by atoms with Gasteiger partial charge in [0.2, 0.25) is 5.12 Å². The molecule has 0 saturated heterocycles. The van der Waals surface area contributed by atoms with Crippen molar-refractivity contribution in [3.63, 3.8) is 0 Å². The normalized spacial score (nSPS) is 11.1. The van der Waals surface area contributed by atoms with Gasteiger partial charge in [-0.25, -0.2) is 4.79 Å².